The van der Waals surface area contributed by atoms with Gasteiger partial charge in [0, 0.05) is 48.8 Å². The van der Waals surface area contributed by atoms with Gasteiger partial charge in [-0.3, -0.25) is 0 Å². The summed E-state index contributed by atoms with van der Waals surface area (Å²) in [5.41, 5.74) is 15.2. The number of furan rings is 1. The van der Waals surface area contributed by atoms with Crippen LogP contribution in [-0.4, -0.2) is 9.97 Å². The number of pyridine rings is 2. The van der Waals surface area contributed by atoms with Gasteiger partial charge in [-0.15, -0.1) is 59.7 Å². The number of hydrogen-bond donors (Lipinski definition) is 1. The van der Waals surface area contributed by atoms with Gasteiger partial charge in [-0.05, 0) is 77.3 Å². The first kappa shape index (κ1) is 33.8. The van der Waals surface area contributed by atoms with E-state index in [0.717, 1.165) is 79.3 Å². The van der Waals surface area contributed by atoms with Crippen LogP contribution < -0.4 is 5.32 Å². The van der Waals surface area contributed by atoms with Crippen LogP contribution in [0.5, 0.6) is 0 Å². The Labute approximate surface area is 318 Å². The van der Waals surface area contributed by atoms with E-state index in [9.17, 15) is 0 Å². The Hall–Kier alpha value is -5.35. The fourth-order valence-electron chi connectivity index (χ4n) is 7.83. The molecule has 1 N–H and O–H groups in total. The molecule has 0 amide bonds. The molecule has 0 unspecified atom stereocenters. The maximum Gasteiger partial charge on any atom is 0.158 e. The molecule has 5 aromatic carbocycles. The van der Waals surface area contributed by atoms with Gasteiger partial charge < -0.3 is 19.7 Å². The van der Waals surface area contributed by atoms with Crippen molar-refractivity contribution in [2.24, 2.45) is 5.92 Å². The molecule has 0 atom stereocenters. The predicted octanol–water partition coefficient (Wildman–Crippen LogP) is 12.4. The Bertz CT molecular complexity index is 2460. The van der Waals surface area contributed by atoms with E-state index in [1.807, 2.05) is 60.8 Å². The summed E-state index contributed by atoms with van der Waals surface area (Å²) >= 11 is 0. The van der Waals surface area contributed by atoms with Gasteiger partial charge in [0.1, 0.15) is 5.58 Å². The number of fused-ring (bicyclic) bond motifs is 10. The summed E-state index contributed by atoms with van der Waals surface area (Å²) in [6, 6.07) is 48.4. The first-order valence-electron chi connectivity index (χ1n) is 17.9. The molecule has 1 saturated carbocycles. The second kappa shape index (κ2) is 14.7. The van der Waals surface area contributed by atoms with Crippen LogP contribution in [0.2, 0.25) is 0 Å². The van der Waals surface area contributed by atoms with Gasteiger partial charge in [-0.25, -0.2) is 0 Å². The number of nitrogens with zero attached hydrogens (tertiary/aromatic N) is 2. The molecule has 257 valence electrons. The molecule has 1 aliphatic carbocycles. The van der Waals surface area contributed by atoms with Gasteiger partial charge >= 0.3 is 0 Å². The third-order valence-electron chi connectivity index (χ3n) is 10.4. The van der Waals surface area contributed by atoms with Crippen LogP contribution in [0.25, 0.3) is 66.7 Å². The Morgan fingerprint density at radius 2 is 1.50 bits per heavy atom. The van der Waals surface area contributed by atoms with E-state index >= 15 is 0 Å². The molecule has 5 heteroatoms. The van der Waals surface area contributed by atoms with Gasteiger partial charge in [0.2, 0.25) is 0 Å². The van der Waals surface area contributed by atoms with Crippen molar-refractivity contribution in [2.75, 3.05) is 5.32 Å². The molecule has 3 aromatic heterocycles. The zero-order valence-electron chi connectivity index (χ0n) is 29.0. The van der Waals surface area contributed by atoms with E-state index in [1.165, 1.54) is 47.9 Å². The largest absolute Gasteiger partial charge is 0.454 e. The SMILES string of the molecule is Cc1c2cccc1-c1ccc3c(oc4ccccc43)c1Nc1c[c-]c(-c3cc(CC4CCCC4)ccn3)cc1-2.[Ir].[c-]1ccccc1-c1ccccn1. The number of rotatable bonds is 4. The standard InChI is InChI=1S/C36H29N2O.C11H8N.Ir/c1-22-26-10-6-11-27(22)31-21-25(33-20-24(17-18-37-33)19-23-7-2-3-8-23)13-16-32(31)38-35-29(26)14-15-30-28-9-4-5-12-34(28)39-36(30)35;1-2-6-10(7-3-1)11-8-4-5-9-12-11;/h4-6,9-12,14-18,20-21,23,38H,2-3,7-8,19H2,1H3;1-6,8-9H;/q2*-1;. The van der Waals surface area contributed by atoms with E-state index in [1.54, 1.807) is 6.20 Å². The molecule has 2 bridgehead atoms. The maximum atomic E-state index is 6.45. The number of aromatic nitrogens is 2. The first-order chi connectivity index (χ1) is 25.2. The second-order valence-electron chi connectivity index (χ2n) is 13.6. The molecule has 10 rings (SSSR count). The van der Waals surface area contributed by atoms with Crippen LogP contribution in [0.4, 0.5) is 11.4 Å². The zero-order valence-corrected chi connectivity index (χ0v) is 31.3. The molecule has 4 heterocycles. The minimum Gasteiger partial charge on any atom is -0.454 e. The van der Waals surface area contributed by atoms with E-state index in [-0.39, 0.29) is 20.1 Å². The Morgan fingerprint density at radius 1 is 0.692 bits per heavy atom. The molecule has 8 aromatic rings. The molecule has 0 spiro atoms. The van der Waals surface area contributed by atoms with Crippen LogP contribution in [0.15, 0.2) is 138 Å². The first-order valence-corrected chi connectivity index (χ1v) is 17.9. The third kappa shape index (κ3) is 6.47. The third-order valence-corrected chi connectivity index (χ3v) is 10.4. The van der Waals surface area contributed by atoms with Crippen LogP contribution in [0, 0.1) is 25.0 Å². The van der Waals surface area contributed by atoms with Gasteiger partial charge in [0.25, 0.3) is 0 Å². The van der Waals surface area contributed by atoms with E-state index in [0.29, 0.717) is 0 Å². The van der Waals surface area contributed by atoms with Gasteiger partial charge in [-0.2, -0.15) is 0 Å². The van der Waals surface area contributed by atoms with E-state index in [2.05, 4.69) is 96.1 Å². The van der Waals surface area contributed by atoms with Crippen molar-refractivity contribution in [1.29, 1.82) is 0 Å². The topological polar surface area (TPSA) is 51.0 Å². The van der Waals surface area contributed by atoms with Crippen molar-refractivity contribution in [3.63, 3.8) is 0 Å². The van der Waals surface area contributed by atoms with E-state index in [4.69, 9.17) is 9.40 Å². The molecule has 52 heavy (non-hydrogen) atoms. The average molecular weight is 852 g/mol. The van der Waals surface area contributed by atoms with Crippen molar-refractivity contribution in [1.82, 2.24) is 9.97 Å². The number of hydrogen-bond acceptors (Lipinski definition) is 4. The van der Waals surface area contributed by atoms with Gasteiger partial charge in [0.05, 0.1) is 5.69 Å². The zero-order chi connectivity index (χ0) is 34.1. The van der Waals surface area contributed by atoms with Crippen LogP contribution >= 0.6 is 0 Å². The fourth-order valence-corrected chi connectivity index (χ4v) is 7.83. The smallest absolute Gasteiger partial charge is 0.158 e. The van der Waals surface area contributed by atoms with Crippen molar-refractivity contribution < 1.29 is 24.5 Å². The number of para-hydroxylation sites is 1. The van der Waals surface area contributed by atoms with Crippen molar-refractivity contribution >= 4 is 33.3 Å². The summed E-state index contributed by atoms with van der Waals surface area (Å²) in [7, 11) is 0. The minimum absolute atomic E-state index is 0. The monoisotopic (exact) mass is 852 g/mol. The fraction of sp³-hybridized carbons (Fsp3) is 0.149. The molecule has 4 nitrogen and oxygen atoms in total. The van der Waals surface area contributed by atoms with Crippen LogP contribution in [0.3, 0.4) is 0 Å². The van der Waals surface area contributed by atoms with Crippen molar-refractivity contribution in [3.8, 4) is 44.8 Å². The average Bonchev–Trinajstić information content (AvgIpc) is 3.84. The maximum absolute atomic E-state index is 6.45. The summed E-state index contributed by atoms with van der Waals surface area (Å²) < 4.78 is 6.45. The molecular weight excluding hydrogens is 815 g/mol. The molecule has 0 saturated heterocycles. The Balaban J connectivity index is 0.000000253. The summed E-state index contributed by atoms with van der Waals surface area (Å²) in [6.07, 6.45) is 10.3. The van der Waals surface area contributed by atoms with Gasteiger partial charge in [-0.1, -0.05) is 97.5 Å². The number of benzene rings is 5. The second-order valence-corrected chi connectivity index (χ2v) is 13.6. The van der Waals surface area contributed by atoms with Crippen LogP contribution in [0.1, 0.15) is 36.8 Å². The molecule has 1 aliphatic heterocycles. The number of anilines is 2. The quantitative estimate of drug-likeness (QED) is 0.179. The Morgan fingerprint density at radius 3 is 2.33 bits per heavy atom. The van der Waals surface area contributed by atoms with Crippen molar-refractivity contribution in [3.05, 3.63) is 157 Å². The molecule has 1 fully saturated rings. The van der Waals surface area contributed by atoms with E-state index < -0.39 is 0 Å². The normalized spacial score (nSPS) is 13.2. The van der Waals surface area contributed by atoms with Gasteiger partial charge in [0.15, 0.2) is 5.58 Å². The predicted molar refractivity (Wildman–Crippen MR) is 209 cm³/mol. The summed E-state index contributed by atoms with van der Waals surface area (Å²) in [5.74, 6) is 0.810. The van der Waals surface area contributed by atoms with Crippen molar-refractivity contribution in [2.45, 2.75) is 39.0 Å². The molecule has 2 aliphatic rings. The summed E-state index contributed by atoms with van der Waals surface area (Å²) in [4.78, 5) is 8.98. The summed E-state index contributed by atoms with van der Waals surface area (Å²) in [5, 5.41) is 6.04. The van der Waals surface area contributed by atoms with Crippen LogP contribution in [-0.2, 0) is 26.5 Å². The minimum atomic E-state index is 0. The number of nitrogens with one attached hydrogen (secondary N) is 1. The summed E-state index contributed by atoms with van der Waals surface area (Å²) in [6.45, 7) is 2.23. The molecular formula is C47H37IrN3O-2. The Kier molecular flexibility index (Phi) is 9.56. The molecule has 1 radical (unpaired) electrons.